The summed E-state index contributed by atoms with van der Waals surface area (Å²) in [4.78, 5) is 0. The minimum Gasteiger partial charge on any atom is -0.496 e. The van der Waals surface area contributed by atoms with Gasteiger partial charge in [-0.1, -0.05) is 6.07 Å². The lowest BCUT2D eigenvalue weighted by Gasteiger charge is -2.12. The smallest absolute Gasteiger partial charge is 0.125 e. The number of halogens is 1. The first-order chi connectivity index (χ1) is 10.2. The fraction of sp³-hybridized carbons (Fsp3) is 0.294. The van der Waals surface area contributed by atoms with Crippen molar-refractivity contribution >= 4 is 22.6 Å². The lowest BCUT2D eigenvalue weighted by Crippen LogP contribution is -2.03. The summed E-state index contributed by atoms with van der Waals surface area (Å²) in [6.45, 7) is 1.21. The Morgan fingerprint density at radius 2 is 1.86 bits per heavy atom. The molecule has 21 heavy (non-hydrogen) atoms. The van der Waals surface area contributed by atoms with Crippen molar-refractivity contribution in [1.82, 2.24) is 0 Å². The highest BCUT2D eigenvalue weighted by atomic mass is 127. The molecule has 0 aliphatic carbocycles. The Hall–Kier alpha value is -1.27. The molecule has 0 aromatic heterocycles. The molecule has 0 atom stereocenters. The van der Waals surface area contributed by atoms with Gasteiger partial charge in [0.15, 0.2) is 0 Å². The zero-order valence-corrected chi connectivity index (χ0v) is 14.3. The van der Waals surface area contributed by atoms with Crippen LogP contribution in [-0.4, -0.2) is 13.7 Å². The van der Waals surface area contributed by atoms with Crippen molar-refractivity contribution in [2.45, 2.75) is 19.4 Å². The average molecular weight is 397 g/mol. The first kappa shape index (κ1) is 16.1. The van der Waals surface area contributed by atoms with Crippen molar-refractivity contribution in [3.8, 4) is 11.5 Å². The van der Waals surface area contributed by atoms with E-state index in [2.05, 4.69) is 34.7 Å². The summed E-state index contributed by atoms with van der Waals surface area (Å²) in [5.41, 5.74) is 7.89. The van der Waals surface area contributed by atoms with E-state index < -0.39 is 0 Å². The van der Waals surface area contributed by atoms with Crippen LogP contribution in [0.4, 0.5) is 0 Å². The Kier molecular flexibility index (Phi) is 6.32. The van der Waals surface area contributed by atoms with Gasteiger partial charge in [0.25, 0.3) is 0 Å². The quantitative estimate of drug-likeness (QED) is 0.724. The van der Waals surface area contributed by atoms with Crippen molar-refractivity contribution in [3.63, 3.8) is 0 Å². The minimum absolute atomic E-state index is 0.500. The third kappa shape index (κ3) is 4.89. The Morgan fingerprint density at radius 1 is 1.10 bits per heavy atom. The van der Waals surface area contributed by atoms with Crippen molar-refractivity contribution in [3.05, 3.63) is 57.2 Å². The molecule has 2 aromatic rings. The number of rotatable bonds is 7. The SMILES string of the molecule is COc1ccc(CCCN)cc1COc1ccc(I)cc1. The average Bonchev–Trinajstić information content (AvgIpc) is 2.52. The van der Waals surface area contributed by atoms with Gasteiger partial charge in [0.05, 0.1) is 7.11 Å². The van der Waals surface area contributed by atoms with Gasteiger partial charge in [0.1, 0.15) is 18.1 Å². The third-order valence-corrected chi connectivity index (χ3v) is 3.94. The van der Waals surface area contributed by atoms with Crippen molar-refractivity contribution in [1.29, 1.82) is 0 Å². The number of ether oxygens (including phenoxy) is 2. The fourth-order valence-corrected chi connectivity index (χ4v) is 2.46. The predicted molar refractivity (Wildman–Crippen MR) is 93.9 cm³/mol. The van der Waals surface area contributed by atoms with Crippen LogP contribution in [0.5, 0.6) is 11.5 Å². The third-order valence-electron chi connectivity index (χ3n) is 3.22. The normalized spacial score (nSPS) is 10.4. The summed E-state index contributed by atoms with van der Waals surface area (Å²) < 4.78 is 12.4. The zero-order valence-electron chi connectivity index (χ0n) is 12.1. The first-order valence-corrected chi connectivity index (χ1v) is 8.05. The summed E-state index contributed by atoms with van der Waals surface area (Å²) in [5, 5.41) is 0. The van der Waals surface area contributed by atoms with E-state index in [-0.39, 0.29) is 0 Å². The topological polar surface area (TPSA) is 44.5 Å². The molecule has 0 heterocycles. The van der Waals surface area contributed by atoms with E-state index in [1.807, 2.05) is 30.3 Å². The highest BCUT2D eigenvalue weighted by Crippen LogP contribution is 2.23. The Morgan fingerprint density at radius 3 is 2.52 bits per heavy atom. The fourth-order valence-electron chi connectivity index (χ4n) is 2.10. The highest BCUT2D eigenvalue weighted by Gasteiger charge is 2.06. The number of hydrogen-bond donors (Lipinski definition) is 1. The van der Waals surface area contributed by atoms with Gasteiger partial charge >= 0.3 is 0 Å². The standard InChI is InChI=1S/C17H20INO2/c1-20-17-9-4-13(3-2-10-19)11-14(17)12-21-16-7-5-15(18)6-8-16/h4-9,11H,2-3,10,12,19H2,1H3. The maximum absolute atomic E-state index is 5.84. The van der Waals surface area contributed by atoms with Gasteiger partial charge < -0.3 is 15.2 Å². The molecule has 0 amide bonds. The summed E-state index contributed by atoms with van der Waals surface area (Å²) in [6.07, 6.45) is 1.97. The monoisotopic (exact) mass is 397 g/mol. The maximum Gasteiger partial charge on any atom is 0.125 e. The van der Waals surface area contributed by atoms with Gasteiger partial charge in [0.2, 0.25) is 0 Å². The van der Waals surface area contributed by atoms with E-state index >= 15 is 0 Å². The lowest BCUT2D eigenvalue weighted by molar-refractivity contribution is 0.296. The predicted octanol–water partition coefficient (Wildman–Crippen LogP) is 3.77. The van der Waals surface area contributed by atoms with Crippen LogP contribution in [0.25, 0.3) is 0 Å². The second-order valence-electron chi connectivity index (χ2n) is 4.78. The summed E-state index contributed by atoms with van der Waals surface area (Å²) in [5.74, 6) is 1.72. The van der Waals surface area contributed by atoms with Crippen LogP contribution in [0.2, 0.25) is 0 Å². The molecule has 0 aliphatic heterocycles. The molecule has 3 nitrogen and oxygen atoms in total. The molecular weight excluding hydrogens is 377 g/mol. The molecule has 0 fully saturated rings. The number of aryl methyl sites for hydroxylation is 1. The molecule has 0 aliphatic rings. The van der Waals surface area contributed by atoms with Gasteiger partial charge in [-0.2, -0.15) is 0 Å². The van der Waals surface area contributed by atoms with Gasteiger partial charge in [-0.25, -0.2) is 0 Å². The summed E-state index contributed by atoms with van der Waals surface area (Å²) >= 11 is 2.28. The maximum atomic E-state index is 5.84. The Balaban J connectivity index is 2.07. The first-order valence-electron chi connectivity index (χ1n) is 6.97. The van der Waals surface area contributed by atoms with Crippen LogP contribution < -0.4 is 15.2 Å². The van der Waals surface area contributed by atoms with Crippen molar-refractivity contribution in [2.75, 3.05) is 13.7 Å². The second-order valence-corrected chi connectivity index (χ2v) is 6.03. The molecule has 4 heteroatoms. The van der Waals surface area contributed by atoms with E-state index in [1.165, 1.54) is 9.13 Å². The molecule has 0 radical (unpaired) electrons. The van der Waals surface area contributed by atoms with Crippen molar-refractivity contribution < 1.29 is 9.47 Å². The molecule has 2 N–H and O–H groups in total. The van der Waals surface area contributed by atoms with Gasteiger partial charge in [-0.3, -0.25) is 0 Å². The second kappa shape index (κ2) is 8.24. The molecule has 0 unspecified atom stereocenters. The van der Waals surface area contributed by atoms with Crippen molar-refractivity contribution in [2.24, 2.45) is 5.73 Å². The molecule has 0 bridgehead atoms. The Bertz CT molecular complexity index is 570. The van der Waals surface area contributed by atoms with Gasteiger partial charge in [-0.05, 0) is 83.9 Å². The number of hydrogen-bond acceptors (Lipinski definition) is 3. The highest BCUT2D eigenvalue weighted by molar-refractivity contribution is 14.1. The van der Waals surface area contributed by atoms with Crippen LogP contribution in [-0.2, 0) is 13.0 Å². The van der Waals surface area contributed by atoms with E-state index in [9.17, 15) is 0 Å². The number of benzene rings is 2. The molecule has 0 saturated heterocycles. The molecule has 112 valence electrons. The van der Waals surface area contributed by atoms with Gasteiger partial charge in [-0.15, -0.1) is 0 Å². The molecule has 0 saturated carbocycles. The van der Waals surface area contributed by atoms with Gasteiger partial charge in [0, 0.05) is 9.13 Å². The van der Waals surface area contributed by atoms with E-state index in [1.54, 1.807) is 7.11 Å². The molecule has 2 aromatic carbocycles. The largest absolute Gasteiger partial charge is 0.496 e. The lowest BCUT2D eigenvalue weighted by atomic mass is 10.1. The number of methoxy groups -OCH3 is 1. The van der Waals surface area contributed by atoms with Crippen LogP contribution in [0, 0.1) is 3.57 Å². The zero-order chi connectivity index (χ0) is 15.1. The van der Waals surface area contributed by atoms with Crippen LogP contribution >= 0.6 is 22.6 Å². The van der Waals surface area contributed by atoms with E-state index in [0.29, 0.717) is 13.2 Å². The van der Waals surface area contributed by atoms with Crippen LogP contribution in [0.15, 0.2) is 42.5 Å². The van der Waals surface area contributed by atoms with Crippen LogP contribution in [0.1, 0.15) is 17.5 Å². The van der Waals surface area contributed by atoms with E-state index in [0.717, 1.165) is 29.9 Å². The van der Waals surface area contributed by atoms with Crippen LogP contribution in [0.3, 0.4) is 0 Å². The number of nitrogens with two attached hydrogens (primary N) is 1. The molecule has 2 rings (SSSR count). The summed E-state index contributed by atoms with van der Waals surface area (Å²) in [7, 11) is 1.68. The Labute approximate surface area is 139 Å². The summed E-state index contributed by atoms with van der Waals surface area (Å²) in [6, 6.07) is 14.2. The minimum atomic E-state index is 0.500. The molecule has 0 spiro atoms. The molecular formula is C17H20INO2. The van der Waals surface area contributed by atoms with E-state index in [4.69, 9.17) is 15.2 Å².